The van der Waals surface area contributed by atoms with E-state index in [-0.39, 0.29) is 6.42 Å². The van der Waals surface area contributed by atoms with E-state index in [1.165, 1.54) is 25.3 Å². The van der Waals surface area contributed by atoms with Gasteiger partial charge in [0.1, 0.15) is 11.6 Å². The number of Topliss-reactive ketones (excluding diaryl/α,β-unsaturated/α-hetero) is 1. The summed E-state index contributed by atoms with van der Waals surface area (Å²) >= 11 is 0. The van der Waals surface area contributed by atoms with Gasteiger partial charge in [-0.15, -0.1) is 0 Å². The molecule has 0 bridgehead atoms. The second-order valence-corrected chi connectivity index (χ2v) is 2.84. The maximum atomic E-state index is 12.9. The summed E-state index contributed by atoms with van der Waals surface area (Å²) in [6.07, 6.45) is 0.704. The Morgan fingerprint density at radius 2 is 2.40 bits per heavy atom. The zero-order valence-electron chi connectivity index (χ0n) is 8.11. The van der Waals surface area contributed by atoms with Crippen LogP contribution in [0.3, 0.4) is 0 Å². The molecule has 0 aliphatic heterocycles. The number of hydrogen-bond donors (Lipinski definition) is 0. The molecule has 0 aliphatic carbocycles. The molecule has 0 atom stereocenters. The highest BCUT2D eigenvalue weighted by molar-refractivity contribution is 6.25. The second-order valence-electron chi connectivity index (χ2n) is 2.84. The molecule has 0 fully saturated rings. The van der Waals surface area contributed by atoms with Gasteiger partial charge in [0, 0.05) is 12.0 Å². The van der Waals surface area contributed by atoms with Crippen LogP contribution in [0.1, 0.15) is 5.56 Å². The summed E-state index contributed by atoms with van der Waals surface area (Å²) in [6, 6.07) is 3.89. The molecule has 0 saturated heterocycles. The van der Waals surface area contributed by atoms with Crippen molar-refractivity contribution in [3.8, 4) is 5.75 Å². The van der Waals surface area contributed by atoms with Gasteiger partial charge < -0.3 is 10.3 Å². The van der Waals surface area contributed by atoms with E-state index in [1.807, 2.05) is 0 Å². The monoisotopic (exact) mass is 208 g/mol. The molecule has 1 aromatic carbocycles. The molecule has 1 aromatic rings. The number of halogens is 1. The SMILES string of the molecule is COc1ccc(F)cc1CC(=O)C=[N+]=[N-]. The summed E-state index contributed by atoms with van der Waals surface area (Å²) in [5, 5.41) is 0. The summed E-state index contributed by atoms with van der Waals surface area (Å²) in [4.78, 5) is 13.7. The summed E-state index contributed by atoms with van der Waals surface area (Å²) in [5.41, 5.74) is 8.56. The maximum absolute atomic E-state index is 12.9. The average molecular weight is 208 g/mol. The molecule has 0 saturated carbocycles. The van der Waals surface area contributed by atoms with E-state index in [0.717, 1.165) is 6.21 Å². The molecule has 78 valence electrons. The quantitative estimate of drug-likeness (QED) is 0.424. The number of ketones is 1. The molecule has 0 heterocycles. The Kier molecular flexibility index (Phi) is 3.71. The predicted octanol–water partition coefficient (Wildman–Crippen LogP) is 1.25. The molecule has 0 N–H and O–H groups in total. The van der Waals surface area contributed by atoms with E-state index >= 15 is 0 Å². The van der Waals surface area contributed by atoms with Crippen LogP contribution in [0, 0.1) is 5.82 Å². The number of methoxy groups -OCH3 is 1. The molecule has 0 radical (unpaired) electrons. The van der Waals surface area contributed by atoms with Gasteiger partial charge in [0.15, 0.2) is 0 Å². The van der Waals surface area contributed by atoms with E-state index in [0.29, 0.717) is 11.3 Å². The highest BCUT2D eigenvalue weighted by Crippen LogP contribution is 2.19. The van der Waals surface area contributed by atoms with Crippen LogP contribution in [-0.4, -0.2) is 23.9 Å². The van der Waals surface area contributed by atoms with Crippen molar-refractivity contribution in [1.82, 2.24) is 0 Å². The lowest BCUT2D eigenvalue weighted by atomic mass is 10.1. The number of carbonyl (C=O) groups is 1. The van der Waals surface area contributed by atoms with Gasteiger partial charge in [-0.05, 0) is 18.2 Å². The average Bonchev–Trinajstić information content (AvgIpc) is 2.18. The molecule has 0 unspecified atom stereocenters. The third kappa shape index (κ3) is 3.00. The molecule has 5 heteroatoms. The number of rotatable bonds is 4. The summed E-state index contributed by atoms with van der Waals surface area (Å²) in [5.74, 6) is -0.447. The summed E-state index contributed by atoms with van der Waals surface area (Å²) in [7, 11) is 1.43. The van der Waals surface area contributed by atoms with Crippen molar-refractivity contribution >= 4 is 12.0 Å². The Morgan fingerprint density at radius 3 is 3.00 bits per heavy atom. The Morgan fingerprint density at radius 1 is 1.67 bits per heavy atom. The molecule has 1 rings (SSSR count). The molecule has 0 amide bonds. The predicted molar refractivity (Wildman–Crippen MR) is 51.3 cm³/mol. The van der Waals surface area contributed by atoms with E-state index in [1.54, 1.807) is 0 Å². The zero-order valence-corrected chi connectivity index (χ0v) is 8.11. The minimum absolute atomic E-state index is 0.0645. The number of nitrogens with zero attached hydrogens (tertiary/aromatic N) is 2. The molecule has 4 nitrogen and oxygen atoms in total. The van der Waals surface area contributed by atoms with Gasteiger partial charge in [0.25, 0.3) is 0 Å². The molecular formula is C10H9FN2O2. The van der Waals surface area contributed by atoms with Crippen LogP contribution >= 0.6 is 0 Å². The first-order chi connectivity index (χ1) is 7.17. The topological polar surface area (TPSA) is 62.7 Å². The minimum Gasteiger partial charge on any atom is -0.496 e. The van der Waals surface area contributed by atoms with E-state index in [2.05, 4.69) is 4.79 Å². The van der Waals surface area contributed by atoms with Crippen LogP contribution in [0.4, 0.5) is 4.39 Å². The van der Waals surface area contributed by atoms with Crippen LogP contribution in [0.25, 0.3) is 5.53 Å². The van der Waals surface area contributed by atoms with Crippen molar-refractivity contribution in [3.63, 3.8) is 0 Å². The fourth-order valence-corrected chi connectivity index (χ4v) is 1.18. The third-order valence-corrected chi connectivity index (χ3v) is 1.81. The number of ether oxygens (including phenoxy) is 1. The highest BCUT2D eigenvalue weighted by atomic mass is 19.1. The largest absolute Gasteiger partial charge is 0.496 e. The lowest BCUT2D eigenvalue weighted by Crippen LogP contribution is -2.06. The lowest BCUT2D eigenvalue weighted by Gasteiger charge is -2.05. The van der Waals surface area contributed by atoms with Gasteiger partial charge in [-0.1, -0.05) is 0 Å². The standard InChI is InChI=1S/C10H9FN2O2/c1-15-10-3-2-8(11)4-7(10)5-9(14)6-13-12/h2-4,6H,5H2,1H3. The van der Waals surface area contributed by atoms with Crippen LogP contribution in [0.5, 0.6) is 5.75 Å². The first kappa shape index (κ1) is 11.1. The van der Waals surface area contributed by atoms with Gasteiger partial charge in [-0.3, -0.25) is 4.79 Å². The minimum atomic E-state index is -0.445. The highest BCUT2D eigenvalue weighted by Gasteiger charge is 2.10. The van der Waals surface area contributed by atoms with E-state index in [9.17, 15) is 9.18 Å². The number of benzene rings is 1. The van der Waals surface area contributed by atoms with Crippen molar-refractivity contribution in [2.24, 2.45) is 0 Å². The molecule has 15 heavy (non-hydrogen) atoms. The van der Waals surface area contributed by atoms with Crippen LogP contribution in [0.15, 0.2) is 18.2 Å². The van der Waals surface area contributed by atoms with Gasteiger partial charge in [0.05, 0.1) is 7.11 Å². The summed E-state index contributed by atoms with van der Waals surface area (Å²) < 4.78 is 17.8. The number of carbonyl (C=O) groups excluding carboxylic acids is 1. The Bertz CT molecular complexity index is 425. The van der Waals surface area contributed by atoms with Crippen molar-refractivity contribution in [2.45, 2.75) is 6.42 Å². The lowest BCUT2D eigenvalue weighted by molar-refractivity contribution is -0.115. The maximum Gasteiger partial charge on any atom is 0.323 e. The Hall–Kier alpha value is -2.00. The fraction of sp³-hybridized carbons (Fsp3) is 0.200. The van der Waals surface area contributed by atoms with Crippen molar-refractivity contribution in [3.05, 3.63) is 35.1 Å². The van der Waals surface area contributed by atoms with Crippen molar-refractivity contribution in [2.75, 3.05) is 7.11 Å². The molecule has 0 aromatic heterocycles. The van der Waals surface area contributed by atoms with E-state index < -0.39 is 11.6 Å². The first-order valence-electron chi connectivity index (χ1n) is 4.20. The van der Waals surface area contributed by atoms with Gasteiger partial charge >= 0.3 is 6.21 Å². The molecule has 0 aliphatic rings. The Balaban J connectivity index is 2.96. The normalized spacial score (nSPS) is 9.20. The second kappa shape index (κ2) is 5.02. The van der Waals surface area contributed by atoms with E-state index in [4.69, 9.17) is 10.3 Å². The van der Waals surface area contributed by atoms with Crippen molar-refractivity contribution in [1.29, 1.82) is 0 Å². The van der Waals surface area contributed by atoms with Gasteiger partial charge in [-0.2, -0.15) is 4.79 Å². The van der Waals surface area contributed by atoms with Crippen LogP contribution in [0.2, 0.25) is 0 Å². The molecular weight excluding hydrogens is 199 g/mol. The molecule has 0 spiro atoms. The van der Waals surface area contributed by atoms with Crippen LogP contribution in [-0.2, 0) is 11.2 Å². The third-order valence-electron chi connectivity index (χ3n) is 1.81. The smallest absolute Gasteiger partial charge is 0.323 e. The fourth-order valence-electron chi connectivity index (χ4n) is 1.18. The number of hydrogen-bond acceptors (Lipinski definition) is 2. The van der Waals surface area contributed by atoms with Crippen LogP contribution < -0.4 is 4.74 Å². The van der Waals surface area contributed by atoms with Gasteiger partial charge in [0.2, 0.25) is 5.78 Å². The summed E-state index contributed by atoms with van der Waals surface area (Å²) in [6.45, 7) is 0. The zero-order chi connectivity index (χ0) is 11.3. The van der Waals surface area contributed by atoms with Crippen molar-refractivity contribution < 1.29 is 18.7 Å². The Labute approximate surface area is 85.9 Å². The van der Waals surface area contributed by atoms with Gasteiger partial charge in [-0.25, -0.2) is 4.39 Å². The first-order valence-corrected chi connectivity index (χ1v) is 4.20.